The normalized spacial score (nSPS) is 15.7. The highest BCUT2D eigenvalue weighted by atomic mass is 127. The van der Waals surface area contributed by atoms with Gasteiger partial charge in [-0.05, 0) is 69.0 Å². The minimum atomic E-state index is 0.0638. The van der Waals surface area contributed by atoms with Crippen molar-refractivity contribution < 1.29 is 9.90 Å². The van der Waals surface area contributed by atoms with Crippen molar-refractivity contribution >= 4 is 57.0 Å². The second kappa shape index (κ2) is 5.48. The van der Waals surface area contributed by atoms with Crippen LogP contribution in [0.25, 0.3) is 6.08 Å². The maximum atomic E-state index is 12.3. The number of carbonyl (C=O) groups excluding carboxylic acids is 1. The van der Waals surface area contributed by atoms with Crippen molar-refractivity contribution in [2.45, 2.75) is 6.42 Å². The van der Waals surface area contributed by atoms with Crippen molar-refractivity contribution in [3.05, 3.63) is 65.8 Å². The number of allylic oxidation sites excluding steroid dienone is 1. The Morgan fingerprint density at radius 3 is 2.65 bits per heavy atom. The molecule has 0 heterocycles. The zero-order chi connectivity index (χ0) is 14.3. The summed E-state index contributed by atoms with van der Waals surface area (Å²) in [6.07, 6.45) is 2.44. The van der Waals surface area contributed by atoms with Gasteiger partial charge in [-0.25, -0.2) is 0 Å². The van der Waals surface area contributed by atoms with Crippen LogP contribution in [0.3, 0.4) is 0 Å². The molecule has 20 heavy (non-hydrogen) atoms. The fourth-order valence-corrected chi connectivity index (χ4v) is 4.24. The van der Waals surface area contributed by atoms with E-state index in [4.69, 9.17) is 0 Å². The van der Waals surface area contributed by atoms with Gasteiger partial charge < -0.3 is 5.11 Å². The van der Waals surface area contributed by atoms with E-state index in [1.165, 1.54) is 0 Å². The number of phenolic OH excluding ortho intramolecular Hbond substituents is 1. The average molecular weight is 488 g/mol. The van der Waals surface area contributed by atoms with Crippen LogP contribution in [-0.4, -0.2) is 10.9 Å². The first-order chi connectivity index (χ1) is 9.56. The van der Waals surface area contributed by atoms with Gasteiger partial charge in [-0.3, -0.25) is 4.79 Å². The van der Waals surface area contributed by atoms with Crippen molar-refractivity contribution in [1.29, 1.82) is 0 Å². The number of Topliss-reactive ketones (excluding diaryl/α,β-unsaturated/α-hetero) is 1. The third-order valence-electron chi connectivity index (χ3n) is 3.32. The van der Waals surface area contributed by atoms with Gasteiger partial charge in [-0.1, -0.05) is 24.3 Å². The van der Waals surface area contributed by atoms with Crippen molar-refractivity contribution in [2.75, 3.05) is 0 Å². The molecule has 1 aliphatic rings. The van der Waals surface area contributed by atoms with Crippen LogP contribution in [0.2, 0.25) is 0 Å². The molecule has 2 aromatic rings. The number of aromatic hydroxyl groups is 1. The summed E-state index contributed by atoms with van der Waals surface area (Å²) in [6, 6.07) is 11.5. The summed E-state index contributed by atoms with van der Waals surface area (Å²) in [5.74, 6) is 0.302. The van der Waals surface area contributed by atoms with Crippen molar-refractivity contribution in [3.63, 3.8) is 0 Å². The van der Waals surface area contributed by atoms with Gasteiger partial charge >= 0.3 is 0 Å². The van der Waals surface area contributed by atoms with Crippen LogP contribution in [0.15, 0.2) is 42.0 Å². The molecule has 2 aromatic carbocycles. The van der Waals surface area contributed by atoms with Crippen LogP contribution >= 0.6 is 45.2 Å². The van der Waals surface area contributed by atoms with Crippen molar-refractivity contribution in [3.8, 4) is 5.75 Å². The average Bonchev–Trinajstić information content (AvgIpc) is 2.73. The maximum Gasteiger partial charge on any atom is 0.189 e. The molecule has 100 valence electrons. The number of hydrogen-bond acceptors (Lipinski definition) is 2. The minimum absolute atomic E-state index is 0.0638. The second-order valence-electron chi connectivity index (χ2n) is 4.66. The van der Waals surface area contributed by atoms with E-state index in [1.54, 1.807) is 0 Å². The fraction of sp³-hybridized carbons (Fsp3) is 0.0625. The molecular weight excluding hydrogens is 478 g/mol. The van der Waals surface area contributed by atoms with Crippen molar-refractivity contribution in [1.82, 2.24) is 0 Å². The number of hydrogen-bond donors (Lipinski definition) is 1. The third-order valence-corrected chi connectivity index (χ3v) is 4.77. The molecule has 1 aliphatic carbocycles. The lowest BCUT2D eigenvalue weighted by molar-refractivity contribution is 0.104. The molecule has 0 aliphatic heterocycles. The summed E-state index contributed by atoms with van der Waals surface area (Å²) in [7, 11) is 0. The predicted octanol–water partition coefficient (Wildman–Crippen LogP) is 4.42. The lowest BCUT2D eigenvalue weighted by atomic mass is 10.1. The Balaban J connectivity index is 2.06. The largest absolute Gasteiger partial charge is 0.506 e. The minimum Gasteiger partial charge on any atom is -0.506 e. The van der Waals surface area contributed by atoms with E-state index in [-0.39, 0.29) is 11.5 Å². The lowest BCUT2D eigenvalue weighted by Gasteiger charge is -2.04. The Labute approximate surface area is 144 Å². The molecule has 0 unspecified atom stereocenters. The molecule has 0 saturated carbocycles. The molecule has 0 amide bonds. The van der Waals surface area contributed by atoms with Crippen LogP contribution in [0.1, 0.15) is 21.5 Å². The number of rotatable bonds is 1. The van der Waals surface area contributed by atoms with Crippen LogP contribution < -0.4 is 0 Å². The van der Waals surface area contributed by atoms with Gasteiger partial charge in [0, 0.05) is 26.7 Å². The number of ketones is 1. The van der Waals surface area contributed by atoms with Gasteiger partial charge in [0.15, 0.2) is 5.78 Å². The molecule has 0 spiro atoms. The number of fused-ring (bicyclic) bond motifs is 1. The maximum absolute atomic E-state index is 12.3. The summed E-state index contributed by atoms with van der Waals surface area (Å²) >= 11 is 4.31. The molecule has 1 N–H and O–H groups in total. The van der Waals surface area contributed by atoms with E-state index in [1.807, 2.05) is 42.5 Å². The second-order valence-corrected chi connectivity index (χ2v) is 7.07. The van der Waals surface area contributed by atoms with E-state index < -0.39 is 0 Å². The molecule has 0 radical (unpaired) electrons. The molecular formula is C16H10I2O2. The number of halogens is 2. The summed E-state index contributed by atoms with van der Waals surface area (Å²) in [5, 5.41) is 10.1. The molecule has 0 fully saturated rings. The summed E-state index contributed by atoms with van der Waals surface area (Å²) in [4.78, 5) is 12.3. The highest BCUT2D eigenvalue weighted by Crippen LogP contribution is 2.32. The van der Waals surface area contributed by atoms with Gasteiger partial charge in [0.05, 0.1) is 3.57 Å². The zero-order valence-electron chi connectivity index (χ0n) is 10.4. The first-order valence-electron chi connectivity index (χ1n) is 6.07. The molecule has 2 nitrogen and oxygen atoms in total. The van der Waals surface area contributed by atoms with E-state index >= 15 is 0 Å². The Hall–Kier alpha value is -0.890. The first kappa shape index (κ1) is 14.1. The van der Waals surface area contributed by atoms with Gasteiger partial charge in [0.2, 0.25) is 0 Å². The molecule has 0 saturated heterocycles. The Kier molecular flexibility index (Phi) is 3.85. The fourth-order valence-electron chi connectivity index (χ4n) is 2.35. The predicted molar refractivity (Wildman–Crippen MR) is 96.0 cm³/mol. The smallest absolute Gasteiger partial charge is 0.189 e. The lowest BCUT2D eigenvalue weighted by Crippen LogP contribution is -1.95. The molecule has 3 rings (SSSR count). The summed E-state index contributed by atoms with van der Waals surface area (Å²) in [6.45, 7) is 0. The van der Waals surface area contributed by atoms with E-state index in [2.05, 4.69) is 45.2 Å². The quantitative estimate of drug-likeness (QED) is 0.477. The SMILES string of the molecule is O=C1/C(=C/c2cc(I)cc(I)c2O)Cc2ccccc21. The molecule has 0 aromatic heterocycles. The summed E-state index contributed by atoms with van der Waals surface area (Å²) in [5.41, 5.74) is 3.28. The van der Waals surface area contributed by atoms with Crippen LogP contribution in [0, 0.1) is 7.14 Å². The van der Waals surface area contributed by atoms with Gasteiger partial charge in [0.25, 0.3) is 0 Å². The monoisotopic (exact) mass is 488 g/mol. The Morgan fingerprint density at radius 1 is 1.15 bits per heavy atom. The Bertz CT molecular complexity index is 748. The first-order valence-corrected chi connectivity index (χ1v) is 8.23. The topological polar surface area (TPSA) is 37.3 Å². The standard InChI is InChI=1S/C16H10I2O2/c17-12-7-11(16(20)14(18)8-12)6-10-5-9-3-1-2-4-13(9)15(10)19/h1-4,6-8,20H,5H2/b10-6+. The van der Waals surface area contributed by atoms with Gasteiger partial charge in [-0.2, -0.15) is 0 Å². The van der Waals surface area contributed by atoms with Gasteiger partial charge in [0.1, 0.15) is 5.75 Å². The highest BCUT2D eigenvalue weighted by molar-refractivity contribution is 14.1. The zero-order valence-corrected chi connectivity index (χ0v) is 14.7. The van der Waals surface area contributed by atoms with E-state index in [0.29, 0.717) is 12.0 Å². The molecule has 0 bridgehead atoms. The number of benzene rings is 2. The van der Waals surface area contributed by atoms with Crippen LogP contribution in [-0.2, 0) is 6.42 Å². The molecule has 0 atom stereocenters. The van der Waals surface area contributed by atoms with E-state index in [0.717, 1.165) is 23.8 Å². The third kappa shape index (κ3) is 2.50. The van der Waals surface area contributed by atoms with Gasteiger partial charge in [-0.15, -0.1) is 0 Å². The number of carbonyl (C=O) groups is 1. The summed E-state index contributed by atoms with van der Waals surface area (Å²) < 4.78 is 1.84. The number of phenols is 1. The Morgan fingerprint density at radius 2 is 1.90 bits per heavy atom. The van der Waals surface area contributed by atoms with Crippen LogP contribution in [0.5, 0.6) is 5.75 Å². The van der Waals surface area contributed by atoms with Crippen molar-refractivity contribution in [2.24, 2.45) is 0 Å². The highest BCUT2D eigenvalue weighted by Gasteiger charge is 2.24. The molecule has 4 heteroatoms. The van der Waals surface area contributed by atoms with Crippen LogP contribution in [0.4, 0.5) is 0 Å². The van der Waals surface area contributed by atoms with E-state index in [9.17, 15) is 9.90 Å².